The highest BCUT2D eigenvalue weighted by Gasteiger charge is 2.16. The molecular formula is C23H23ClN4O4. The van der Waals surface area contributed by atoms with Crippen LogP contribution in [-0.2, 0) is 9.59 Å². The van der Waals surface area contributed by atoms with E-state index < -0.39 is 11.8 Å². The summed E-state index contributed by atoms with van der Waals surface area (Å²) in [5.74, 6) is -0.879. The summed E-state index contributed by atoms with van der Waals surface area (Å²) < 4.78 is 12.3. The summed E-state index contributed by atoms with van der Waals surface area (Å²) in [5.41, 5.74) is 6.04. The van der Waals surface area contributed by atoms with E-state index in [1.165, 1.54) is 20.4 Å². The van der Waals surface area contributed by atoms with Gasteiger partial charge in [-0.15, -0.1) is 0 Å². The first kappa shape index (κ1) is 22.9. The molecule has 0 radical (unpaired) electrons. The zero-order chi connectivity index (χ0) is 23.3. The number of anilines is 1. The maximum atomic E-state index is 12.2. The first-order chi connectivity index (χ1) is 15.3. The minimum atomic E-state index is -0.918. The van der Waals surface area contributed by atoms with Gasteiger partial charge in [0.15, 0.2) is 0 Å². The Morgan fingerprint density at radius 1 is 1.03 bits per heavy atom. The number of amides is 2. The zero-order valence-corrected chi connectivity index (χ0v) is 18.9. The van der Waals surface area contributed by atoms with Gasteiger partial charge in [0.1, 0.15) is 11.5 Å². The Kier molecular flexibility index (Phi) is 7.17. The lowest BCUT2D eigenvalue weighted by Crippen LogP contribution is -2.32. The van der Waals surface area contributed by atoms with Crippen molar-refractivity contribution >= 4 is 35.3 Å². The summed E-state index contributed by atoms with van der Waals surface area (Å²) in [7, 11) is 2.97. The minimum absolute atomic E-state index is 0.334. The number of rotatable bonds is 6. The molecule has 0 aliphatic rings. The van der Waals surface area contributed by atoms with Crippen molar-refractivity contribution in [3.63, 3.8) is 0 Å². The first-order valence-corrected chi connectivity index (χ1v) is 10.0. The lowest BCUT2D eigenvalue weighted by Gasteiger charge is -2.11. The Hall–Kier alpha value is -3.78. The fourth-order valence-corrected chi connectivity index (χ4v) is 3.43. The summed E-state index contributed by atoms with van der Waals surface area (Å²) in [6, 6.07) is 14.2. The van der Waals surface area contributed by atoms with Crippen molar-refractivity contribution in [2.45, 2.75) is 13.8 Å². The van der Waals surface area contributed by atoms with Crippen LogP contribution >= 0.6 is 11.6 Å². The van der Waals surface area contributed by atoms with Gasteiger partial charge in [0, 0.05) is 23.0 Å². The van der Waals surface area contributed by atoms with Crippen LogP contribution in [0.4, 0.5) is 5.69 Å². The van der Waals surface area contributed by atoms with Gasteiger partial charge in [-0.2, -0.15) is 5.10 Å². The first-order valence-electron chi connectivity index (χ1n) is 9.66. The van der Waals surface area contributed by atoms with E-state index in [0.717, 1.165) is 22.6 Å². The van der Waals surface area contributed by atoms with Gasteiger partial charge in [0.25, 0.3) is 0 Å². The Labute approximate surface area is 190 Å². The summed E-state index contributed by atoms with van der Waals surface area (Å²) in [4.78, 5) is 24.4. The van der Waals surface area contributed by atoms with Gasteiger partial charge in [-0.3, -0.25) is 9.59 Å². The van der Waals surface area contributed by atoms with Crippen LogP contribution in [0.2, 0.25) is 5.02 Å². The highest BCUT2D eigenvalue weighted by Crippen LogP contribution is 2.29. The number of para-hydroxylation sites is 1. The molecular weight excluding hydrogens is 432 g/mol. The van der Waals surface area contributed by atoms with Crippen LogP contribution < -0.4 is 20.2 Å². The van der Waals surface area contributed by atoms with Crippen molar-refractivity contribution in [2.24, 2.45) is 5.10 Å². The van der Waals surface area contributed by atoms with Gasteiger partial charge >= 0.3 is 11.8 Å². The SMILES string of the molecule is COc1ccc(NC(=O)C(=O)N/N=C\c2cc(C)n(-c3ccccc3Cl)c2C)c(OC)c1. The number of carbonyl (C=O) groups is 2. The second-order valence-corrected chi connectivity index (χ2v) is 7.24. The number of methoxy groups -OCH3 is 2. The van der Waals surface area contributed by atoms with Crippen LogP contribution in [-0.4, -0.2) is 36.8 Å². The van der Waals surface area contributed by atoms with Crippen LogP contribution in [0.3, 0.4) is 0 Å². The molecule has 3 aromatic rings. The molecule has 32 heavy (non-hydrogen) atoms. The third-order valence-corrected chi connectivity index (χ3v) is 5.12. The van der Waals surface area contributed by atoms with Gasteiger partial charge in [-0.05, 0) is 44.2 Å². The summed E-state index contributed by atoms with van der Waals surface area (Å²) in [6.07, 6.45) is 1.48. The van der Waals surface area contributed by atoms with E-state index in [1.54, 1.807) is 18.2 Å². The smallest absolute Gasteiger partial charge is 0.329 e. The molecule has 9 heteroatoms. The van der Waals surface area contributed by atoms with Crippen LogP contribution in [0, 0.1) is 13.8 Å². The van der Waals surface area contributed by atoms with Crippen molar-refractivity contribution in [2.75, 3.05) is 19.5 Å². The minimum Gasteiger partial charge on any atom is -0.497 e. The largest absolute Gasteiger partial charge is 0.497 e. The molecule has 0 bridgehead atoms. The predicted molar refractivity (Wildman–Crippen MR) is 124 cm³/mol. The number of hydrogen-bond donors (Lipinski definition) is 2. The van der Waals surface area contributed by atoms with E-state index in [9.17, 15) is 9.59 Å². The van der Waals surface area contributed by atoms with Crippen molar-refractivity contribution in [3.05, 3.63) is 70.5 Å². The molecule has 0 atom stereocenters. The second-order valence-electron chi connectivity index (χ2n) is 6.83. The Bertz CT molecular complexity index is 1190. The van der Waals surface area contributed by atoms with Gasteiger partial charge in [0.2, 0.25) is 0 Å². The maximum Gasteiger partial charge on any atom is 0.329 e. The van der Waals surface area contributed by atoms with Crippen LogP contribution in [0.5, 0.6) is 11.5 Å². The van der Waals surface area contributed by atoms with Gasteiger partial charge in [-0.1, -0.05) is 23.7 Å². The lowest BCUT2D eigenvalue weighted by atomic mass is 10.2. The van der Waals surface area contributed by atoms with E-state index >= 15 is 0 Å². The fraction of sp³-hybridized carbons (Fsp3) is 0.174. The van der Waals surface area contributed by atoms with Crippen molar-refractivity contribution < 1.29 is 19.1 Å². The monoisotopic (exact) mass is 454 g/mol. The maximum absolute atomic E-state index is 12.2. The molecule has 1 aromatic heterocycles. The van der Waals surface area contributed by atoms with Crippen molar-refractivity contribution in [1.82, 2.24) is 9.99 Å². The molecule has 0 aliphatic carbocycles. The van der Waals surface area contributed by atoms with Gasteiger partial charge in [-0.25, -0.2) is 5.43 Å². The molecule has 2 amide bonds. The number of hydrazone groups is 1. The highest BCUT2D eigenvalue weighted by molar-refractivity contribution is 6.39. The summed E-state index contributed by atoms with van der Waals surface area (Å²) in [5, 5.41) is 7.03. The zero-order valence-electron chi connectivity index (χ0n) is 18.1. The van der Waals surface area contributed by atoms with E-state index in [-0.39, 0.29) is 0 Å². The molecule has 0 spiro atoms. The van der Waals surface area contributed by atoms with Crippen LogP contribution in [0.15, 0.2) is 53.6 Å². The molecule has 0 unspecified atom stereocenters. The number of hydrogen-bond acceptors (Lipinski definition) is 5. The third-order valence-electron chi connectivity index (χ3n) is 4.80. The van der Waals surface area contributed by atoms with E-state index in [2.05, 4.69) is 15.8 Å². The lowest BCUT2D eigenvalue weighted by molar-refractivity contribution is -0.136. The standard InChI is InChI=1S/C23H23ClN4O4/c1-14-11-16(15(2)28(14)20-8-6-5-7-18(20)24)13-25-27-23(30)22(29)26-19-10-9-17(31-3)12-21(19)32-4/h5-13H,1-4H3,(H,26,29)(H,27,30)/b25-13-. The average Bonchev–Trinajstić information content (AvgIpc) is 3.07. The van der Waals surface area contributed by atoms with Crippen LogP contribution in [0.25, 0.3) is 5.69 Å². The molecule has 3 rings (SSSR count). The third kappa shape index (κ3) is 4.92. The molecule has 0 fully saturated rings. The Morgan fingerprint density at radius 3 is 2.47 bits per heavy atom. The normalized spacial score (nSPS) is 10.8. The molecule has 2 N–H and O–H groups in total. The quantitative estimate of drug-likeness (QED) is 0.336. The highest BCUT2D eigenvalue weighted by atomic mass is 35.5. The number of aromatic nitrogens is 1. The van der Waals surface area contributed by atoms with Gasteiger partial charge < -0.3 is 19.4 Å². The molecule has 1 heterocycles. The molecule has 8 nitrogen and oxygen atoms in total. The summed E-state index contributed by atoms with van der Waals surface area (Å²) >= 11 is 6.33. The fourth-order valence-electron chi connectivity index (χ4n) is 3.21. The predicted octanol–water partition coefficient (Wildman–Crippen LogP) is 3.85. The Balaban J connectivity index is 1.69. The van der Waals surface area contributed by atoms with E-state index in [0.29, 0.717) is 22.2 Å². The second kappa shape index (κ2) is 10.0. The average molecular weight is 455 g/mol. The number of carbonyl (C=O) groups excluding carboxylic acids is 2. The number of nitrogens with one attached hydrogen (secondary N) is 2. The van der Waals surface area contributed by atoms with Crippen molar-refractivity contribution in [3.8, 4) is 17.2 Å². The number of halogens is 1. The molecule has 2 aromatic carbocycles. The molecule has 0 saturated heterocycles. The molecule has 166 valence electrons. The topological polar surface area (TPSA) is 94.0 Å². The number of nitrogens with zero attached hydrogens (tertiary/aromatic N) is 2. The number of ether oxygens (including phenoxy) is 2. The number of aryl methyl sites for hydroxylation is 1. The van der Waals surface area contributed by atoms with Crippen molar-refractivity contribution in [1.29, 1.82) is 0 Å². The summed E-state index contributed by atoms with van der Waals surface area (Å²) in [6.45, 7) is 3.87. The van der Waals surface area contributed by atoms with E-state index in [4.69, 9.17) is 21.1 Å². The Morgan fingerprint density at radius 2 is 1.78 bits per heavy atom. The molecule has 0 saturated carbocycles. The van der Waals surface area contributed by atoms with Crippen LogP contribution in [0.1, 0.15) is 17.0 Å². The van der Waals surface area contributed by atoms with Gasteiger partial charge in [0.05, 0.1) is 36.8 Å². The van der Waals surface area contributed by atoms with E-state index in [1.807, 2.05) is 48.7 Å². The number of benzene rings is 2. The molecule has 0 aliphatic heterocycles.